The van der Waals surface area contributed by atoms with Crippen molar-refractivity contribution in [2.75, 3.05) is 6.61 Å². The lowest BCUT2D eigenvalue weighted by Crippen LogP contribution is -2.30. The van der Waals surface area contributed by atoms with Crippen LogP contribution in [0.1, 0.15) is 6.42 Å². The molecule has 0 bridgehead atoms. The number of carbonyl (C=O) groups is 1. The highest BCUT2D eigenvalue weighted by Crippen LogP contribution is 2.26. The summed E-state index contributed by atoms with van der Waals surface area (Å²) >= 11 is 5.67. The normalized spacial score (nSPS) is 11.4. The lowest BCUT2D eigenvalue weighted by molar-refractivity contribution is -0.137. The number of hydrogen-bond donors (Lipinski definition) is 2. The SMILES string of the molecule is Cl.NC(COc1nccn1-c1ccc(Oc2ncc(Cl)cc2F)cc1)CC(=O)O. The third-order valence-electron chi connectivity index (χ3n) is 3.57. The van der Waals surface area contributed by atoms with Gasteiger partial charge in [0, 0.05) is 24.6 Å². The number of nitrogens with two attached hydrogens (primary N) is 1. The number of carboxylic acids is 1. The van der Waals surface area contributed by atoms with Gasteiger partial charge in [-0.3, -0.25) is 9.36 Å². The first-order chi connectivity index (χ1) is 13.4. The van der Waals surface area contributed by atoms with Gasteiger partial charge in [0.25, 0.3) is 5.88 Å². The van der Waals surface area contributed by atoms with Crippen LogP contribution in [-0.4, -0.2) is 38.3 Å². The Balaban J connectivity index is 0.00000300. The third kappa shape index (κ3) is 6.05. The summed E-state index contributed by atoms with van der Waals surface area (Å²) in [4.78, 5) is 18.5. The lowest BCUT2D eigenvalue weighted by Gasteiger charge is -2.13. The minimum Gasteiger partial charge on any atom is -0.481 e. The molecule has 1 aromatic carbocycles. The van der Waals surface area contributed by atoms with E-state index in [1.54, 1.807) is 35.0 Å². The van der Waals surface area contributed by atoms with E-state index in [4.69, 9.17) is 31.9 Å². The van der Waals surface area contributed by atoms with Crippen LogP contribution in [0.4, 0.5) is 4.39 Å². The fourth-order valence-corrected chi connectivity index (χ4v) is 2.47. The van der Waals surface area contributed by atoms with Crippen LogP contribution in [0.3, 0.4) is 0 Å². The quantitative estimate of drug-likeness (QED) is 0.548. The number of nitrogens with zero attached hydrogens (tertiary/aromatic N) is 3. The van der Waals surface area contributed by atoms with Gasteiger partial charge >= 0.3 is 12.0 Å². The number of halogens is 3. The highest BCUT2D eigenvalue weighted by molar-refractivity contribution is 6.30. The monoisotopic (exact) mass is 442 g/mol. The molecule has 0 radical (unpaired) electrons. The number of benzene rings is 1. The molecular weight excluding hydrogens is 426 g/mol. The van der Waals surface area contributed by atoms with Crippen LogP contribution in [0.25, 0.3) is 5.69 Å². The Labute approximate surface area is 176 Å². The summed E-state index contributed by atoms with van der Waals surface area (Å²) in [6, 6.07) is 7.42. The van der Waals surface area contributed by atoms with Gasteiger partial charge in [0.15, 0.2) is 5.82 Å². The van der Waals surface area contributed by atoms with E-state index in [1.165, 1.54) is 12.4 Å². The fraction of sp³-hybridized carbons (Fsp3) is 0.167. The van der Waals surface area contributed by atoms with Gasteiger partial charge in [-0.25, -0.2) is 14.4 Å². The molecule has 1 unspecified atom stereocenters. The van der Waals surface area contributed by atoms with Gasteiger partial charge in [-0.05, 0) is 30.3 Å². The zero-order chi connectivity index (χ0) is 20.1. The zero-order valence-electron chi connectivity index (χ0n) is 14.9. The Bertz CT molecular complexity index is 969. The maximum Gasteiger partial charge on any atom is 0.305 e. The average Bonchev–Trinajstić information content (AvgIpc) is 3.11. The molecule has 0 aliphatic carbocycles. The van der Waals surface area contributed by atoms with Gasteiger partial charge in [-0.2, -0.15) is 0 Å². The number of rotatable bonds is 8. The van der Waals surface area contributed by atoms with Crippen molar-refractivity contribution in [3.8, 4) is 23.3 Å². The summed E-state index contributed by atoms with van der Waals surface area (Å²) in [5.41, 5.74) is 6.40. The predicted molar refractivity (Wildman–Crippen MR) is 106 cm³/mol. The van der Waals surface area contributed by atoms with Crippen molar-refractivity contribution in [1.82, 2.24) is 14.5 Å². The Morgan fingerprint density at radius 2 is 2.03 bits per heavy atom. The van der Waals surface area contributed by atoms with E-state index in [9.17, 15) is 9.18 Å². The molecular formula is C18H17Cl2FN4O4. The number of hydrogen-bond acceptors (Lipinski definition) is 6. The van der Waals surface area contributed by atoms with Crippen molar-refractivity contribution in [1.29, 1.82) is 0 Å². The van der Waals surface area contributed by atoms with E-state index < -0.39 is 17.8 Å². The Morgan fingerprint density at radius 3 is 2.69 bits per heavy atom. The number of aliphatic carboxylic acids is 1. The minimum absolute atomic E-state index is 0. The molecule has 3 N–H and O–H groups in total. The molecule has 154 valence electrons. The molecule has 1 atom stereocenters. The average molecular weight is 443 g/mol. The molecule has 29 heavy (non-hydrogen) atoms. The van der Waals surface area contributed by atoms with Gasteiger partial charge in [-0.1, -0.05) is 11.6 Å². The van der Waals surface area contributed by atoms with E-state index in [-0.39, 0.29) is 42.3 Å². The molecule has 0 aliphatic rings. The van der Waals surface area contributed by atoms with Crippen LogP contribution in [0.2, 0.25) is 5.02 Å². The van der Waals surface area contributed by atoms with Gasteiger partial charge in [0.05, 0.1) is 17.1 Å². The molecule has 8 nitrogen and oxygen atoms in total. The topological polar surface area (TPSA) is 112 Å². The van der Waals surface area contributed by atoms with E-state index in [0.717, 1.165) is 6.07 Å². The molecule has 11 heteroatoms. The second-order valence-corrected chi connectivity index (χ2v) is 6.22. The molecule has 3 rings (SSSR count). The molecule has 0 amide bonds. The van der Waals surface area contributed by atoms with E-state index in [1.807, 2.05) is 0 Å². The minimum atomic E-state index is -0.998. The highest BCUT2D eigenvalue weighted by atomic mass is 35.5. The van der Waals surface area contributed by atoms with Crippen LogP contribution in [0, 0.1) is 5.82 Å². The molecule has 0 spiro atoms. The fourth-order valence-electron chi connectivity index (χ4n) is 2.32. The molecule has 2 heterocycles. The lowest BCUT2D eigenvalue weighted by atomic mass is 10.2. The van der Waals surface area contributed by atoms with Gasteiger partial charge in [-0.15, -0.1) is 12.4 Å². The van der Waals surface area contributed by atoms with Crippen LogP contribution >= 0.6 is 24.0 Å². The Kier molecular flexibility index (Phi) is 7.77. The van der Waals surface area contributed by atoms with E-state index in [0.29, 0.717) is 11.4 Å². The van der Waals surface area contributed by atoms with Crippen molar-refractivity contribution in [2.24, 2.45) is 5.73 Å². The Hall–Kier alpha value is -2.88. The van der Waals surface area contributed by atoms with E-state index >= 15 is 0 Å². The summed E-state index contributed by atoms with van der Waals surface area (Å²) in [7, 11) is 0. The van der Waals surface area contributed by atoms with Gasteiger partial charge in [0.2, 0.25) is 0 Å². The van der Waals surface area contributed by atoms with Crippen molar-refractivity contribution < 1.29 is 23.8 Å². The Morgan fingerprint density at radius 1 is 1.31 bits per heavy atom. The maximum atomic E-state index is 13.8. The van der Waals surface area contributed by atoms with Crippen LogP contribution in [0.5, 0.6) is 17.6 Å². The smallest absolute Gasteiger partial charge is 0.305 e. The first-order valence-corrected chi connectivity index (χ1v) is 8.53. The summed E-state index contributed by atoms with van der Waals surface area (Å²) < 4.78 is 26.3. The van der Waals surface area contributed by atoms with Crippen molar-refractivity contribution in [2.45, 2.75) is 12.5 Å². The molecule has 0 fully saturated rings. The number of ether oxygens (including phenoxy) is 2. The number of imidazole rings is 1. The summed E-state index contributed by atoms with van der Waals surface area (Å²) in [5, 5.41) is 8.91. The molecule has 0 saturated heterocycles. The second-order valence-electron chi connectivity index (χ2n) is 5.79. The maximum absolute atomic E-state index is 13.8. The highest BCUT2D eigenvalue weighted by Gasteiger charge is 2.13. The molecule has 0 saturated carbocycles. The van der Waals surface area contributed by atoms with Gasteiger partial charge < -0.3 is 20.3 Å². The van der Waals surface area contributed by atoms with Crippen LogP contribution < -0.4 is 15.2 Å². The molecule has 2 aromatic heterocycles. The third-order valence-corrected chi connectivity index (χ3v) is 3.78. The van der Waals surface area contributed by atoms with Crippen molar-refractivity contribution in [3.63, 3.8) is 0 Å². The first-order valence-electron chi connectivity index (χ1n) is 8.15. The molecule has 3 aromatic rings. The first kappa shape index (κ1) is 22.4. The number of pyridine rings is 1. The zero-order valence-corrected chi connectivity index (χ0v) is 16.4. The molecule has 0 aliphatic heterocycles. The summed E-state index contributed by atoms with van der Waals surface area (Å²) in [6.07, 6.45) is 4.30. The number of carboxylic acid groups (broad SMARTS) is 1. The standard InChI is InChI=1S/C18H16ClFN4O4.ClH/c19-11-7-15(20)17(23-9-11)28-14-3-1-13(2-4-14)24-6-5-22-18(24)27-10-12(21)8-16(25)26;/h1-7,9,12H,8,10,21H2,(H,25,26);1H. The largest absolute Gasteiger partial charge is 0.481 e. The summed E-state index contributed by atoms with van der Waals surface area (Å²) in [6.45, 7) is 0.00597. The second kappa shape index (κ2) is 10.1. The van der Waals surface area contributed by atoms with Crippen LogP contribution in [0.15, 0.2) is 48.9 Å². The van der Waals surface area contributed by atoms with E-state index in [2.05, 4.69) is 9.97 Å². The van der Waals surface area contributed by atoms with Crippen molar-refractivity contribution >= 4 is 30.0 Å². The number of aromatic nitrogens is 3. The van der Waals surface area contributed by atoms with Crippen molar-refractivity contribution in [3.05, 3.63) is 59.8 Å². The van der Waals surface area contributed by atoms with Gasteiger partial charge in [0.1, 0.15) is 12.4 Å². The predicted octanol–water partition coefficient (Wildman–Crippen LogP) is 3.45. The summed E-state index contributed by atoms with van der Waals surface area (Å²) in [5.74, 6) is -1.47. The van der Waals surface area contributed by atoms with Crippen LogP contribution in [-0.2, 0) is 4.79 Å².